The first-order chi connectivity index (χ1) is 7.36. The summed E-state index contributed by atoms with van der Waals surface area (Å²) in [5, 5.41) is 6.41. The number of carbonyl (C=O) groups excluding carboxylic acids is 1. The third-order valence-corrected chi connectivity index (χ3v) is 3.28. The molecular formula is C11H20N2O2. The Kier molecular flexibility index (Phi) is 3.97. The van der Waals surface area contributed by atoms with E-state index >= 15 is 0 Å². The van der Waals surface area contributed by atoms with E-state index in [1.165, 1.54) is 12.8 Å². The van der Waals surface area contributed by atoms with Crippen molar-refractivity contribution in [2.24, 2.45) is 5.92 Å². The molecule has 4 heteroatoms. The third-order valence-electron chi connectivity index (χ3n) is 3.28. The van der Waals surface area contributed by atoms with Crippen molar-refractivity contribution in [1.29, 1.82) is 0 Å². The molecule has 2 saturated heterocycles. The standard InChI is InChI=1S/C11H20N2O2/c14-11(9-3-6-15-7-4-9)13-8-10-2-1-5-12-10/h9-10,12H,1-8H2,(H,13,14)/t10-/m1/s1. The zero-order valence-corrected chi connectivity index (χ0v) is 9.13. The van der Waals surface area contributed by atoms with Crippen LogP contribution in [-0.4, -0.2) is 38.3 Å². The topological polar surface area (TPSA) is 50.4 Å². The summed E-state index contributed by atoms with van der Waals surface area (Å²) in [7, 11) is 0. The molecule has 2 aliphatic rings. The maximum Gasteiger partial charge on any atom is 0.223 e. The highest BCUT2D eigenvalue weighted by Crippen LogP contribution is 2.14. The van der Waals surface area contributed by atoms with E-state index in [0.717, 1.165) is 39.1 Å². The molecule has 0 aromatic carbocycles. The normalized spacial score (nSPS) is 27.9. The Morgan fingerprint density at radius 2 is 2.13 bits per heavy atom. The molecule has 1 amide bonds. The molecule has 0 aromatic rings. The summed E-state index contributed by atoms with van der Waals surface area (Å²) in [6.07, 6.45) is 4.18. The molecule has 2 aliphatic heterocycles. The summed E-state index contributed by atoms with van der Waals surface area (Å²) in [6, 6.07) is 0.494. The van der Waals surface area contributed by atoms with Crippen molar-refractivity contribution in [3.63, 3.8) is 0 Å². The van der Waals surface area contributed by atoms with E-state index in [-0.39, 0.29) is 11.8 Å². The lowest BCUT2D eigenvalue weighted by Gasteiger charge is -2.22. The van der Waals surface area contributed by atoms with E-state index in [1.54, 1.807) is 0 Å². The van der Waals surface area contributed by atoms with Gasteiger partial charge in [0.15, 0.2) is 0 Å². The van der Waals surface area contributed by atoms with Crippen molar-refractivity contribution < 1.29 is 9.53 Å². The third kappa shape index (κ3) is 3.18. The van der Waals surface area contributed by atoms with Crippen LogP contribution in [0.15, 0.2) is 0 Å². The van der Waals surface area contributed by atoms with Crippen molar-refractivity contribution in [3.8, 4) is 0 Å². The van der Waals surface area contributed by atoms with Gasteiger partial charge in [0.1, 0.15) is 0 Å². The highest BCUT2D eigenvalue weighted by molar-refractivity contribution is 5.78. The Morgan fingerprint density at radius 1 is 1.33 bits per heavy atom. The second-order valence-electron chi connectivity index (χ2n) is 4.43. The second kappa shape index (κ2) is 5.47. The van der Waals surface area contributed by atoms with Gasteiger partial charge in [-0.2, -0.15) is 0 Å². The molecule has 0 radical (unpaired) electrons. The molecule has 0 unspecified atom stereocenters. The average Bonchev–Trinajstić information content (AvgIpc) is 2.80. The van der Waals surface area contributed by atoms with E-state index in [0.29, 0.717) is 6.04 Å². The van der Waals surface area contributed by atoms with Crippen LogP contribution < -0.4 is 10.6 Å². The van der Waals surface area contributed by atoms with E-state index in [1.807, 2.05) is 0 Å². The molecule has 0 saturated carbocycles. The number of nitrogens with one attached hydrogen (secondary N) is 2. The van der Waals surface area contributed by atoms with Crippen molar-refractivity contribution in [2.45, 2.75) is 31.7 Å². The minimum Gasteiger partial charge on any atom is -0.381 e. The van der Waals surface area contributed by atoms with E-state index < -0.39 is 0 Å². The fourth-order valence-electron chi connectivity index (χ4n) is 2.26. The lowest BCUT2D eigenvalue weighted by atomic mass is 9.99. The summed E-state index contributed by atoms with van der Waals surface area (Å²) in [5.74, 6) is 0.396. The Bertz CT molecular complexity index is 209. The highest BCUT2D eigenvalue weighted by atomic mass is 16.5. The summed E-state index contributed by atoms with van der Waals surface area (Å²) in [5.41, 5.74) is 0. The molecule has 2 N–H and O–H groups in total. The minimum atomic E-state index is 0.181. The molecular weight excluding hydrogens is 192 g/mol. The number of amides is 1. The van der Waals surface area contributed by atoms with Crippen LogP contribution in [0, 0.1) is 5.92 Å². The van der Waals surface area contributed by atoms with Gasteiger partial charge in [0.25, 0.3) is 0 Å². The van der Waals surface area contributed by atoms with Crippen molar-refractivity contribution >= 4 is 5.91 Å². The summed E-state index contributed by atoms with van der Waals surface area (Å²) in [6.45, 7) is 3.35. The van der Waals surface area contributed by atoms with Crippen molar-refractivity contribution in [1.82, 2.24) is 10.6 Å². The molecule has 0 aromatic heterocycles. The van der Waals surface area contributed by atoms with Gasteiger partial charge in [-0.15, -0.1) is 0 Å². The Hall–Kier alpha value is -0.610. The average molecular weight is 212 g/mol. The van der Waals surface area contributed by atoms with Gasteiger partial charge in [-0.25, -0.2) is 0 Å². The largest absolute Gasteiger partial charge is 0.381 e. The molecule has 4 nitrogen and oxygen atoms in total. The van der Waals surface area contributed by atoms with Gasteiger partial charge in [-0.1, -0.05) is 0 Å². The SMILES string of the molecule is O=C(NC[C@H]1CCCN1)C1CCOCC1. The summed E-state index contributed by atoms with van der Waals surface area (Å²) in [4.78, 5) is 11.8. The smallest absolute Gasteiger partial charge is 0.223 e. The van der Waals surface area contributed by atoms with E-state index in [2.05, 4.69) is 10.6 Å². The van der Waals surface area contributed by atoms with E-state index in [4.69, 9.17) is 4.74 Å². The number of hydrogen-bond acceptors (Lipinski definition) is 3. The number of carbonyl (C=O) groups is 1. The highest BCUT2D eigenvalue weighted by Gasteiger charge is 2.22. The van der Waals surface area contributed by atoms with Crippen LogP contribution in [0.25, 0.3) is 0 Å². The van der Waals surface area contributed by atoms with Crippen LogP contribution in [0.1, 0.15) is 25.7 Å². The minimum absolute atomic E-state index is 0.181. The van der Waals surface area contributed by atoms with Crippen LogP contribution in [0.4, 0.5) is 0 Å². The molecule has 2 fully saturated rings. The maximum atomic E-state index is 11.8. The van der Waals surface area contributed by atoms with Gasteiger partial charge in [-0.05, 0) is 32.2 Å². The molecule has 2 rings (SSSR count). The first-order valence-electron chi connectivity index (χ1n) is 5.95. The fourth-order valence-corrected chi connectivity index (χ4v) is 2.26. The molecule has 2 heterocycles. The predicted molar refractivity (Wildman–Crippen MR) is 57.6 cm³/mol. The zero-order chi connectivity index (χ0) is 10.5. The number of rotatable bonds is 3. The van der Waals surface area contributed by atoms with Gasteiger partial charge in [0.05, 0.1) is 0 Å². The fraction of sp³-hybridized carbons (Fsp3) is 0.909. The Balaban J connectivity index is 1.66. The van der Waals surface area contributed by atoms with Crippen molar-refractivity contribution in [3.05, 3.63) is 0 Å². The molecule has 0 bridgehead atoms. The van der Waals surface area contributed by atoms with Crippen LogP contribution >= 0.6 is 0 Å². The van der Waals surface area contributed by atoms with Gasteiger partial charge in [0, 0.05) is 31.7 Å². The first kappa shape index (κ1) is 10.9. The van der Waals surface area contributed by atoms with Gasteiger partial charge < -0.3 is 15.4 Å². The summed E-state index contributed by atoms with van der Waals surface area (Å²) < 4.78 is 5.24. The maximum absolute atomic E-state index is 11.8. The van der Waals surface area contributed by atoms with Crippen LogP contribution in [0.3, 0.4) is 0 Å². The Morgan fingerprint density at radius 3 is 2.80 bits per heavy atom. The predicted octanol–water partition coefficient (Wildman–Crippen LogP) is 0.281. The summed E-state index contributed by atoms with van der Waals surface area (Å²) >= 11 is 0. The second-order valence-corrected chi connectivity index (χ2v) is 4.43. The monoisotopic (exact) mass is 212 g/mol. The number of ether oxygens (including phenoxy) is 1. The van der Waals surface area contributed by atoms with Crippen molar-refractivity contribution in [2.75, 3.05) is 26.3 Å². The Labute approximate surface area is 90.8 Å². The van der Waals surface area contributed by atoms with Crippen LogP contribution in [0.2, 0.25) is 0 Å². The molecule has 1 atom stereocenters. The van der Waals surface area contributed by atoms with Gasteiger partial charge in [0.2, 0.25) is 5.91 Å². The van der Waals surface area contributed by atoms with Crippen LogP contribution in [-0.2, 0) is 9.53 Å². The lowest BCUT2D eigenvalue weighted by molar-refractivity contribution is -0.127. The molecule has 0 spiro atoms. The first-order valence-corrected chi connectivity index (χ1v) is 5.95. The van der Waals surface area contributed by atoms with E-state index in [9.17, 15) is 4.79 Å². The number of hydrogen-bond donors (Lipinski definition) is 2. The van der Waals surface area contributed by atoms with Gasteiger partial charge >= 0.3 is 0 Å². The van der Waals surface area contributed by atoms with Gasteiger partial charge in [-0.3, -0.25) is 4.79 Å². The zero-order valence-electron chi connectivity index (χ0n) is 9.13. The lowest BCUT2D eigenvalue weighted by Crippen LogP contribution is -2.41. The molecule has 0 aliphatic carbocycles. The molecule has 86 valence electrons. The quantitative estimate of drug-likeness (QED) is 0.706. The molecule has 15 heavy (non-hydrogen) atoms. The van der Waals surface area contributed by atoms with Crippen LogP contribution in [0.5, 0.6) is 0 Å².